The second kappa shape index (κ2) is 9.66. The van der Waals surface area contributed by atoms with Gasteiger partial charge < -0.3 is 15.2 Å². The molecule has 0 spiro atoms. The first-order valence-electron chi connectivity index (χ1n) is 9.31. The minimum Gasteiger partial charge on any atom is -0.633 e. The van der Waals surface area contributed by atoms with Crippen molar-refractivity contribution in [1.82, 2.24) is 5.32 Å². The lowest BCUT2D eigenvalue weighted by atomic mass is 9.70. The highest BCUT2D eigenvalue weighted by molar-refractivity contribution is 5.88. The summed E-state index contributed by atoms with van der Waals surface area (Å²) in [6.07, 6.45) is -28.1. The molecule has 7 nitrogen and oxygen atoms in total. The standard InChI is InChI=1S/C15H14F16N2O5/c1-33(2,35)5-3-4-32-7(34)8(16)9(17,18)6(36-13(23,24)25)10(19,37-14(26,27)28)12(22,11(8,20)21)38-15(29,30)31/h6H,3-5H2,1-2H3,(H,32,34). The van der Waals surface area contributed by atoms with Crippen LogP contribution in [0.2, 0.25) is 0 Å². The third-order valence-electron chi connectivity index (χ3n) is 4.64. The normalized spacial score (nSPS) is 32.2. The molecule has 1 N–H and O–H groups in total. The molecular formula is C15H14F16N2O5. The van der Waals surface area contributed by atoms with Crippen molar-refractivity contribution >= 4 is 5.91 Å². The number of carbonyl (C=O) groups excluding carboxylic acids is 1. The van der Waals surface area contributed by atoms with Crippen LogP contribution in [-0.2, 0) is 19.0 Å². The minimum atomic E-state index is -7.76. The average molecular weight is 606 g/mol. The molecule has 0 aromatic carbocycles. The largest absolute Gasteiger partial charge is 0.633 e. The van der Waals surface area contributed by atoms with Gasteiger partial charge in [-0.2, -0.15) is 22.0 Å². The van der Waals surface area contributed by atoms with Gasteiger partial charge in [-0.25, -0.2) is 18.3 Å². The van der Waals surface area contributed by atoms with E-state index < -0.39 is 84.5 Å². The van der Waals surface area contributed by atoms with E-state index in [1.165, 1.54) is 0 Å². The highest BCUT2D eigenvalue weighted by Crippen LogP contribution is 2.66. The second-order valence-corrected chi connectivity index (χ2v) is 8.04. The molecule has 1 amide bonds. The fraction of sp³-hybridized carbons (Fsp3) is 0.933. The van der Waals surface area contributed by atoms with Crippen molar-refractivity contribution in [3.63, 3.8) is 0 Å². The lowest BCUT2D eigenvalue weighted by molar-refractivity contribution is -0.840. The van der Waals surface area contributed by atoms with E-state index in [1.54, 1.807) is 0 Å². The Balaban J connectivity index is 3.95. The van der Waals surface area contributed by atoms with Crippen LogP contribution >= 0.6 is 0 Å². The topological polar surface area (TPSA) is 79.9 Å². The number of nitrogens with one attached hydrogen (secondary N) is 1. The molecule has 1 aliphatic carbocycles. The molecule has 1 rings (SSSR count). The number of carbonyl (C=O) groups is 1. The highest BCUT2D eigenvalue weighted by atomic mass is 19.4. The molecule has 0 aromatic rings. The van der Waals surface area contributed by atoms with Crippen molar-refractivity contribution in [3.05, 3.63) is 5.21 Å². The van der Waals surface area contributed by atoms with Crippen LogP contribution in [0, 0.1) is 5.21 Å². The molecule has 4 atom stereocenters. The van der Waals surface area contributed by atoms with E-state index >= 15 is 13.2 Å². The molecule has 1 fully saturated rings. The Bertz CT molecular complexity index is 871. The van der Waals surface area contributed by atoms with Gasteiger partial charge in [-0.3, -0.25) is 9.53 Å². The van der Waals surface area contributed by atoms with E-state index in [4.69, 9.17) is 0 Å². The van der Waals surface area contributed by atoms with Crippen molar-refractivity contribution in [2.45, 2.75) is 60.8 Å². The van der Waals surface area contributed by atoms with Crippen LogP contribution < -0.4 is 5.32 Å². The monoisotopic (exact) mass is 606 g/mol. The lowest BCUT2D eigenvalue weighted by Gasteiger charge is -2.55. The Hall–Kier alpha value is -1.85. The summed E-state index contributed by atoms with van der Waals surface area (Å²) in [5.74, 6) is -33.8. The number of hydroxylamine groups is 3. The number of quaternary nitrogens is 1. The van der Waals surface area contributed by atoms with Crippen LogP contribution in [-0.4, -0.2) is 92.2 Å². The average Bonchev–Trinajstić information content (AvgIpc) is 2.62. The van der Waals surface area contributed by atoms with Gasteiger partial charge in [-0.15, -0.1) is 39.5 Å². The number of hydrogen-bond acceptors (Lipinski definition) is 5. The zero-order valence-corrected chi connectivity index (χ0v) is 18.2. The van der Waals surface area contributed by atoms with Crippen molar-refractivity contribution < 1.29 is 93.9 Å². The number of alkyl halides is 16. The van der Waals surface area contributed by atoms with Gasteiger partial charge in [-0.1, -0.05) is 0 Å². The van der Waals surface area contributed by atoms with Gasteiger partial charge in [-0.05, 0) is 0 Å². The highest BCUT2D eigenvalue weighted by Gasteiger charge is 2.98. The number of halogens is 16. The Morgan fingerprint density at radius 2 is 1.29 bits per heavy atom. The van der Waals surface area contributed by atoms with Gasteiger partial charge in [0.15, 0.2) is 6.10 Å². The first-order chi connectivity index (χ1) is 16.4. The van der Waals surface area contributed by atoms with E-state index in [1.807, 2.05) is 9.47 Å². The van der Waals surface area contributed by atoms with Gasteiger partial charge in [0, 0.05) is 13.0 Å². The summed E-state index contributed by atoms with van der Waals surface area (Å²) in [7, 11) is 1.82. The quantitative estimate of drug-likeness (QED) is 0.192. The van der Waals surface area contributed by atoms with Crippen molar-refractivity contribution in [3.8, 4) is 0 Å². The van der Waals surface area contributed by atoms with E-state index in [-0.39, 0.29) is 0 Å². The van der Waals surface area contributed by atoms with Crippen LogP contribution in [0.5, 0.6) is 0 Å². The SMILES string of the molecule is C[N+](C)([O-])CCCNC(=O)C1(F)C(F)(F)C(OC(F)(F)F)C(F)(OC(F)(F)F)C(F)(OC(F)(F)F)C1(F)F. The molecule has 0 bridgehead atoms. The van der Waals surface area contributed by atoms with Crippen LogP contribution in [0.3, 0.4) is 0 Å². The van der Waals surface area contributed by atoms with Crippen molar-refractivity contribution in [2.75, 3.05) is 27.2 Å². The zero-order valence-electron chi connectivity index (χ0n) is 18.2. The Kier molecular flexibility index (Phi) is 8.69. The molecule has 38 heavy (non-hydrogen) atoms. The van der Waals surface area contributed by atoms with Crippen LogP contribution in [0.1, 0.15) is 6.42 Å². The van der Waals surface area contributed by atoms with Crippen molar-refractivity contribution in [2.24, 2.45) is 0 Å². The molecule has 226 valence electrons. The smallest absolute Gasteiger partial charge is 0.525 e. The van der Waals surface area contributed by atoms with Crippen molar-refractivity contribution in [1.29, 1.82) is 0 Å². The second-order valence-electron chi connectivity index (χ2n) is 8.04. The Morgan fingerprint density at radius 1 is 0.842 bits per heavy atom. The van der Waals surface area contributed by atoms with E-state index in [2.05, 4.69) is 4.74 Å². The summed E-state index contributed by atoms with van der Waals surface area (Å²) < 4.78 is 223. The first kappa shape index (κ1) is 34.2. The van der Waals surface area contributed by atoms with Crippen LogP contribution in [0.15, 0.2) is 0 Å². The predicted molar refractivity (Wildman–Crippen MR) is 84.6 cm³/mol. The molecule has 0 saturated heterocycles. The third kappa shape index (κ3) is 6.31. The summed E-state index contributed by atoms with van der Waals surface area (Å²) in [4.78, 5) is 12.0. The summed E-state index contributed by atoms with van der Waals surface area (Å²) >= 11 is 0. The predicted octanol–water partition coefficient (Wildman–Crippen LogP) is 4.37. The maximum Gasteiger partial charge on any atom is 0.525 e. The van der Waals surface area contributed by atoms with Crippen LogP contribution in [0.4, 0.5) is 70.2 Å². The molecule has 23 heteroatoms. The minimum absolute atomic E-state index is 0.622. The Morgan fingerprint density at radius 3 is 1.66 bits per heavy atom. The lowest BCUT2D eigenvalue weighted by Crippen LogP contribution is -2.88. The van der Waals surface area contributed by atoms with Gasteiger partial charge in [0.05, 0.1) is 20.6 Å². The Labute approximate surface area is 199 Å². The fourth-order valence-electron chi connectivity index (χ4n) is 3.17. The van der Waals surface area contributed by atoms with Gasteiger partial charge in [0.2, 0.25) is 0 Å². The molecule has 1 saturated carbocycles. The summed E-state index contributed by atoms with van der Waals surface area (Å²) in [6, 6.07) is 0. The molecular weight excluding hydrogens is 592 g/mol. The molecule has 1 aliphatic rings. The first-order valence-corrected chi connectivity index (χ1v) is 9.31. The number of amides is 1. The maximum absolute atomic E-state index is 15.2. The van der Waals surface area contributed by atoms with E-state index in [0.29, 0.717) is 0 Å². The molecule has 0 heterocycles. The molecule has 0 aromatic heterocycles. The summed E-state index contributed by atoms with van der Waals surface area (Å²) in [5.41, 5.74) is -7.08. The molecule has 0 radical (unpaired) electrons. The number of hydrogen-bond donors (Lipinski definition) is 1. The number of nitrogens with zero attached hydrogens (tertiary/aromatic N) is 1. The summed E-state index contributed by atoms with van der Waals surface area (Å²) in [5, 5.41) is 12.2. The third-order valence-corrected chi connectivity index (χ3v) is 4.64. The molecule has 0 aliphatic heterocycles. The van der Waals surface area contributed by atoms with E-state index in [0.717, 1.165) is 19.4 Å². The van der Waals surface area contributed by atoms with Gasteiger partial charge in [0.25, 0.3) is 5.91 Å². The number of ether oxygens (including phenoxy) is 3. The molecule has 4 unspecified atom stereocenters. The van der Waals surface area contributed by atoms with Crippen LogP contribution in [0.25, 0.3) is 0 Å². The maximum atomic E-state index is 15.2. The zero-order chi connectivity index (χ0) is 30.6. The van der Waals surface area contributed by atoms with Gasteiger partial charge in [0.1, 0.15) is 0 Å². The number of rotatable bonds is 8. The van der Waals surface area contributed by atoms with E-state index in [9.17, 15) is 67.1 Å². The van der Waals surface area contributed by atoms with Gasteiger partial charge >= 0.3 is 48.3 Å². The summed E-state index contributed by atoms with van der Waals surface area (Å²) in [6.45, 7) is -1.94. The fourth-order valence-corrected chi connectivity index (χ4v) is 3.17.